The molecule has 0 spiro atoms. The van der Waals surface area contributed by atoms with E-state index in [9.17, 15) is 9.59 Å². The molecule has 0 aliphatic rings. The van der Waals surface area contributed by atoms with Gasteiger partial charge in [0.25, 0.3) is 5.91 Å². The summed E-state index contributed by atoms with van der Waals surface area (Å²) >= 11 is 5.84. The molecule has 22 heavy (non-hydrogen) atoms. The fraction of sp³-hybridized carbons (Fsp3) is 0.267. The molecule has 1 N–H and O–H groups in total. The van der Waals surface area contributed by atoms with E-state index >= 15 is 0 Å². The Balaban J connectivity index is 2.01. The molecule has 1 amide bonds. The lowest BCUT2D eigenvalue weighted by molar-refractivity contribution is -0.123. The van der Waals surface area contributed by atoms with Crippen LogP contribution in [0.15, 0.2) is 28.8 Å². The molecule has 0 bridgehead atoms. The van der Waals surface area contributed by atoms with E-state index in [0.29, 0.717) is 22.2 Å². The Morgan fingerprint density at radius 2 is 2.09 bits per heavy atom. The molecule has 2 rings (SSSR count). The number of carbonyl (C=O) groups excluding carboxylic acids is 2. The highest BCUT2D eigenvalue weighted by atomic mass is 35.5. The molecule has 0 aliphatic carbocycles. The van der Waals surface area contributed by atoms with Crippen LogP contribution in [0.5, 0.6) is 0 Å². The second-order valence-corrected chi connectivity index (χ2v) is 5.18. The Morgan fingerprint density at radius 3 is 2.68 bits per heavy atom. The summed E-state index contributed by atoms with van der Waals surface area (Å²) in [5.74, 6) is -0.752. The molecule has 1 atom stereocenters. The lowest BCUT2D eigenvalue weighted by Gasteiger charge is -2.13. The van der Waals surface area contributed by atoms with Crippen LogP contribution in [0.4, 0.5) is 5.69 Å². The maximum atomic E-state index is 12.0. The van der Waals surface area contributed by atoms with Crippen molar-refractivity contribution in [2.75, 3.05) is 5.32 Å². The number of aromatic nitrogens is 1. The lowest BCUT2D eigenvalue weighted by atomic mass is 10.2. The quantitative estimate of drug-likeness (QED) is 0.874. The summed E-state index contributed by atoms with van der Waals surface area (Å²) in [5.41, 5.74) is 1.19. The fourth-order valence-corrected chi connectivity index (χ4v) is 2.05. The van der Waals surface area contributed by atoms with Crippen LogP contribution in [0, 0.1) is 13.8 Å². The average molecular weight is 323 g/mol. The SMILES string of the molecule is Cc1noc(C)c1C(=O)O[C@H](C)C(=O)Nc1cccc(Cl)c1. The van der Waals surface area contributed by atoms with Crippen LogP contribution in [0.1, 0.15) is 28.7 Å². The Hall–Kier alpha value is -2.34. The van der Waals surface area contributed by atoms with Crippen LogP contribution < -0.4 is 5.32 Å². The Bertz CT molecular complexity index is 692. The fourth-order valence-electron chi connectivity index (χ4n) is 1.86. The number of esters is 1. The molecule has 1 heterocycles. The summed E-state index contributed by atoms with van der Waals surface area (Å²) in [6.07, 6.45) is -0.972. The van der Waals surface area contributed by atoms with Crippen LogP contribution in [-0.4, -0.2) is 23.1 Å². The highest BCUT2D eigenvalue weighted by Crippen LogP contribution is 2.17. The van der Waals surface area contributed by atoms with Crippen LogP contribution in [0.2, 0.25) is 5.02 Å². The van der Waals surface area contributed by atoms with Gasteiger partial charge >= 0.3 is 5.97 Å². The highest BCUT2D eigenvalue weighted by Gasteiger charge is 2.24. The zero-order valence-electron chi connectivity index (χ0n) is 12.3. The lowest BCUT2D eigenvalue weighted by Crippen LogP contribution is -2.30. The van der Waals surface area contributed by atoms with E-state index in [2.05, 4.69) is 10.5 Å². The van der Waals surface area contributed by atoms with Gasteiger partial charge in [0.1, 0.15) is 11.3 Å². The molecule has 0 unspecified atom stereocenters. The van der Waals surface area contributed by atoms with Crippen LogP contribution in [0.3, 0.4) is 0 Å². The minimum absolute atomic E-state index is 0.238. The van der Waals surface area contributed by atoms with Crippen LogP contribution in [-0.2, 0) is 9.53 Å². The standard InChI is InChI=1S/C15H15ClN2O4/c1-8-13(9(2)22-18-8)15(20)21-10(3)14(19)17-12-6-4-5-11(16)7-12/h4-7,10H,1-3H3,(H,17,19)/t10-/m1/s1. The van der Waals surface area contributed by atoms with Crippen molar-refractivity contribution in [1.82, 2.24) is 5.16 Å². The normalized spacial score (nSPS) is 11.8. The number of benzene rings is 1. The van der Waals surface area contributed by atoms with Gasteiger partial charge in [-0.25, -0.2) is 4.79 Å². The topological polar surface area (TPSA) is 81.4 Å². The molecule has 7 heteroatoms. The number of anilines is 1. The van der Waals surface area contributed by atoms with E-state index in [1.165, 1.54) is 6.92 Å². The first-order valence-electron chi connectivity index (χ1n) is 6.58. The van der Waals surface area contributed by atoms with E-state index in [4.69, 9.17) is 20.9 Å². The minimum Gasteiger partial charge on any atom is -0.449 e. The van der Waals surface area contributed by atoms with Gasteiger partial charge in [-0.3, -0.25) is 4.79 Å². The number of hydrogen-bond donors (Lipinski definition) is 1. The second-order valence-electron chi connectivity index (χ2n) is 4.75. The summed E-state index contributed by atoms with van der Waals surface area (Å²) in [6, 6.07) is 6.69. The van der Waals surface area contributed by atoms with Crippen molar-refractivity contribution in [3.8, 4) is 0 Å². The summed E-state index contributed by atoms with van der Waals surface area (Å²) in [4.78, 5) is 24.1. The smallest absolute Gasteiger partial charge is 0.344 e. The van der Waals surface area contributed by atoms with Crippen LogP contribution in [0.25, 0.3) is 0 Å². The van der Waals surface area contributed by atoms with E-state index in [-0.39, 0.29) is 5.56 Å². The molecule has 6 nitrogen and oxygen atoms in total. The van der Waals surface area contributed by atoms with Crippen molar-refractivity contribution < 1.29 is 18.8 Å². The summed E-state index contributed by atoms with van der Waals surface area (Å²) in [6.45, 7) is 4.72. The number of amides is 1. The third kappa shape index (κ3) is 3.65. The second kappa shape index (κ2) is 6.62. The van der Waals surface area contributed by atoms with Gasteiger partial charge in [-0.15, -0.1) is 0 Å². The number of carbonyl (C=O) groups is 2. The average Bonchev–Trinajstić information content (AvgIpc) is 2.78. The van der Waals surface area contributed by atoms with Gasteiger partial charge in [0.05, 0.1) is 5.69 Å². The molecule has 0 saturated heterocycles. The number of nitrogens with zero attached hydrogens (tertiary/aromatic N) is 1. The van der Waals surface area contributed by atoms with Gasteiger partial charge in [0.2, 0.25) is 0 Å². The third-order valence-electron chi connectivity index (χ3n) is 2.98. The predicted octanol–water partition coefficient (Wildman–Crippen LogP) is 3.13. The molecule has 0 aliphatic heterocycles. The molecular formula is C15H15ClN2O4. The predicted molar refractivity (Wildman–Crippen MR) is 80.9 cm³/mol. The van der Waals surface area contributed by atoms with E-state index in [0.717, 1.165) is 0 Å². The summed E-state index contributed by atoms with van der Waals surface area (Å²) in [5, 5.41) is 6.80. The largest absolute Gasteiger partial charge is 0.449 e. The van der Waals surface area contributed by atoms with Crippen molar-refractivity contribution >= 4 is 29.2 Å². The van der Waals surface area contributed by atoms with E-state index in [1.807, 2.05) is 0 Å². The number of aryl methyl sites for hydroxylation is 2. The van der Waals surface area contributed by atoms with Crippen LogP contribution >= 0.6 is 11.6 Å². The van der Waals surface area contributed by atoms with Crippen molar-refractivity contribution in [3.05, 3.63) is 46.3 Å². The van der Waals surface area contributed by atoms with Gasteiger partial charge in [0.15, 0.2) is 6.10 Å². The van der Waals surface area contributed by atoms with Crippen molar-refractivity contribution in [3.63, 3.8) is 0 Å². The first-order valence-corrected chi connectivity index (χ1v) is 6.96. The third-order valence-corrected chi connectivity index (χ3v) is 3.22. The Kier molecular flexibility index (Phi) is 4.82. The zero-order chi connectivity index (χ0) is 16.3. The molecule has 116 valence electrons. The maximum Gasteiger partial charge on any atom is 0.344 e. The molecular weight excluding hydrogens is 308 g/mol. The van der Waals surface area contributed by atoms with Crippen molar-refractivity contribution in [2.45, 2.75) is 26.9 Å². The highest BCUT2D eigenvalue weighted by molar-refractivity contribution is 6.30. The Morgan fingerprint density at radius 1 is 1.36 bits per heavy atom. The van der Waals surface area contributed by atoms with E-state index in [1.54, 1.807) is 38.1 Å². The molecule has 1 aromatic carbocycles. The molecule has 2 aromatic rings. The van der Waals surface area contributed by atoms with Gasteiger partial charge < -0.3 is 14.6 Å². The maximum absolute atomic E-state index is 12.0. The summed E-state index contributed by atoms with van der Waals surface area (Å²) < 4.78 is 10.0. The van der Waals surface area contributed by atoms with Crippen molar-refractivity contribution in [2.24, 2.45) is 0 Å². The number of nitrogens with one attached hydrogen (secondary N) is 1. The van der Waals surface area contributed by atoms with E-state index < -0.39 is 18.0 Å². The zero-order valence-corrected chi connectivity index (χ0v) is 13.1. The summed E-state index contributed by atoms with van der Waals surface area (Å²) in [7, 11) is 0. The van der Waals surface area contributed by atoms with Crippen molar-refractivity contribution in [1.29, 1.82) is 0 Å². The van der Waals surface area contributed by atoms with Gasteiger partial charge in [-0.05, 0) is 39.0 Å². The first-order chi connectivity index (χ1) is 10.4. The van der Waals surface area contributed by atoms with Gasteiger partial charge in [-0.1, -0.05) is 22.8 Å². The number of ether oxygens (including phenoxy) is 1. The number of halogens is 1. The molecule has 0 radical (unpaired) electrons. The Labute approximate surface area is 132 Å². The van der Waals surface area contributed by atoms with Gasteiger partial charge in [-0.2, -0.15) is 0 Å². The first kappa shape index (κ1) is 16.0. The number of rotatable bonds is 4. The van der Waals surface area contributed by atoms with Gasteiger partial charge in [0, 0.05) is 10.7 Å². The number of hydrogen-bond acceptors (Lipinski definition) is 5. The molecule has 0 fully saturated rings. The molecule has 0 saturated carbocycles. The monoisotopic (exact) mass is 322 g/mol. The molecule has 1 aromatic heterocycles. The minimum atomic E-state index is -0.972.